The van der Waals surface area contributed by atoms with Crippen molar-refractivity contribution in [3.8, 4) is 56.4 Å². The number of nitrogens with zero attached hydrogens (tertiary/aromatic N) is 4. The highest BCUT2D eigenvalue weighted by Crippen LogP contribution is 2.41. The molecular weight excluding hydrogens is 753 g/mol. The van der Waals surface area contributed by atoms with Crippen molar-refractivity contribution in [2.24, 2.45) is 0 Å². The summed E-state index contributed by atoms with van der Waals surface area (Å²) in [5.41, 5.74) is 17.3. The molecule has 1 aliphatic carbocycles. The van der Waals surface area contributed by atoms with Crippen molar-refractivity contribution in [3.05, 3.63) is 235 Å². The number of fused-ring (bicyclic) bond motifs is 6. The summed E-state index contributed by atoms with van der Waals surface area (Å²) in [5, 5.41) is 3.85. The molecule has 3 aromatic heterocycles. The summed E-state index contributed by atoms with van der Waals surface area (Å²) in [6.45, 7) is 0. The molecule has 0 radical (unpaired) electrons. The first kappa shape index (κ1) is 35.8. The SMILES string of the molecule is C1=CC(c2ccc3c(c2)c2ccccc2n3-c2ccccc2)Cc2c1c1ccccc1n2-c1ccc(-c2ccc(-c3nc(-c4ccccc4)cc(-c4ccccc4)n3)cc2)cc1. The van der Waals surface area contributed by atoms with Gasteiger partial charge in [-0.15, -0.1) is 0 Å². The van der Waals surface area contributed by atoms with E-state index in [0.29, 0.717) is 5.82 Å². The summed E-state index contributed by atoms with van der Waals surface area (Å²) in [5.74, 6) is 0.954. The first-order chi connectivity index (χ1) is 30.7. The molecule has 3 heterocycles. The highest BCUT2D eigenvalue weighted by atomic mass is 15.0. The average molecular weight is 793 g/mol. The fraction of sp³-hybridized carbons (Fsp3) is 0.0345. The van der Waals surface area contributed by atoms with Crippen LogP contribution in [0.5, 0.6) is 0 Å². The van der Waals surface area contributed by atoms with E-state index in [1.54, 1.807) is 0 Å². The summed E-state index contributed by atoms with van der Waals surface area (Å²) < 4.78 is 4.87. The number of hydrogen-bond acceptors (Lipinski definition) is 2. The van der Waals surface area contributed by atoms with E-state index >= 15 is 0 Å². The second-order valence-electron chi connectivity index (χ2n) is 16.2. The van der Waals surface area contributed by atoms with Crippen LogP contribution < -0.4 is 0 Å². The van der Waals surface area contributed by atoms with Gasteiger partial charge in [0.1, 0.15) is 0 Å². The van der Waals surface area contributed by atoms with E-state index in [0.717, 1.165) is 51.3 Å². The van der Waals surface area contributed by atoms with Crippen LogP contribution in [0.4, 0.5) is 0 Å². The van der Waals surface area contributed by atoms with Gasteiger partial charge in [-0.25, -0.2) is 9.97 Å². The summed E-state index contributed by atoms with van der Waals surface area (Å²) in [7, 11) is 0. The summed E-state index contributed by atoms with van der Waals surface area (Å²) in [6, 6.07) is 75.8. The minimum atomic E-state index is 0.243. The minimum absolute atomic E-state index is 0.243. The molecule has 1 atom stereocenters. The molecule has 1 unspecified atom stereocenters. The largest absolute Gasteiger partial charge is 0.313 e. The van der Waals surface area contributed by atoms with Crippen molar-refractivity contribution in [1.82, 2.24) is 19.1 Å². The van der Waals surface area contributed by atoms with Crippen LogP contribution in [-0.2, 0) is 6.42 Å². The van der Waals surface area contributed by atoms with Crippen molar-refractivity contribution < 1.29 is 0 Å². The van der Waals surface area contributed by atoms with Gasteiger partial charge in [-0.3, -0.25) is 0 Å². The van der Waals surface area contributed by atoms with Crippen molar-refractivity contribution in [1.29, 1.82) is 0 Å². The Hall–Kier alpha value is -8.08. The molecular formula is C58H40N4. The monoisotopic (exact) mass is 792 g/mol. The van der Waals surface area contributed by atoms with Crippen molar-refractivity contribution in [3.63, 3.8) is 0 Å². The first-order valence-corrected chi connectivity index (χ1v) is 21.3. The van der Waals surface area contributed by atoms with E-state index in [2.05, 4.69) is 221 Å². The third kappa shape index (κ3) is 6.15. The number of benzene rings is 8. The number of para-hydroxylation sites is 3. The second-order valence-corrected chi connectivity index (χ2v) is 16.2. The lowest BCUT2D eigenvalue weighted by Gasteiger charge is -2.21. The van der Waals surface area contributed by atoms with Gasteiger partial charge in [-0.2, -0.15) is 0 Å². The Labute approximate surface area is 360 Å². The normalized spacial score (nSPS) is 13.5. The quantitative estimate of drug-likeness (QED) is 0.161. The zero-order chi connectivity index (χ0) is 41.0. The Kier molecular flexibility index (Phi) is 8.60. The zero-order valence-corrected chi connectivity index (χ0v) is 33.9. The molecule has 0 aliphatic heterocycles. The van der Waals surface area contributed by atoms with Crippen LogP contribution in [0.2, 0.25) is 0 Å². The third-order valence-electron chi connectivity index (χ3n) is 12.5. The standard InChI is InChI=1S/C58H40N4/c1-4-14-41(15-5-1)52-38-53(42-16-6-2-7-17-42)60-58(59-52)43-26-24-39(25-27-43)40-28-32-47(33-29-40)62-54-22-12-10-20-48(54)50-34-30-45(37-57(50)62)44-31-35-56-51(36-44)49-21-11-13-23-55(49)61(56)46-18-8-3-9-19-46/h1-36,38,45H,37H2. The van der Waals surface area contributed by atoms with E-state index < -0.39 is 0 Å². The second kappa shape index (κ2) is 14.9. The number of hydrogen-bond donors (Lipinski definition) is 0. The third-order valence-corrected chi connectivity index (χ3v) is 12.5. The lowest BCUT2D eigenvalue weighted by molar-refractivity contribution is 0.784. The van der Waals surface area contributed by atoms with Gasteiger partial charge in [0.2, 0.25) is 0 Å². The molecule has 0 bridgehead atoms. The Morgan fingerprint density at radius 3 is 1.56 bits per heavy atom. The van der Waals surface area contributed by atoms with Crippen molar-refractivity contribution >= 4 is 38.8 Å². The Bertz CT molecular complexity index is 3390. The minimum Gasteiger partial charge on any atom is -0.313 e. The summed E-state index contributed by atoms with van der Waals surface area (Å²) in [6.07, 6.45) is 5.68. The van der Waals surface area contributed by atoms with Gasteiger partial charge in [0.15, 0.2) is 5.82 Å². The van der Waals surface area contributed by atoms with E-state index in [1.165, 1.54) is 55.2 Å². The predicted octanol–water partition coefficient (Wildman–Crippen LogP) is 14.5. The van der Waals surface area contributed by atoms with Gasteiger partial charge in [0, 0.05) is 61.4 Å². The van der Waals surface area contributed by atoms with Gasteiger partial charge >= 0.3 is 0 Å². The van der Waals surface area contributed by atoms with Gasteiger partial charge in [0.05, 0.1) is 27.9 Å². The van der Waals surface area contributed by atoms with Crippen molar-refractivity contribution in [2.75, 3.05) is 0 Å². The molecule has 292 valence electrons. The molecule has 12 rings (SSSR count). The lowest BCUT2D eigenvalue weighted by Crippen LogP contribution is -2.10. The Morgan fingerprint density at radius 2 is 0.903 bits per heavy atom. The van der Waals surface area contributed by atoms with Crippen LogP contribution in [0, 0.1) is 0 Å². The smallest absolute Gasteiger partial charge is 0.160 e. The molecule has 0 saturated heterocycles. The first-order valence-electron chi connectivity index (χ1n) is 21.3. The van der Waals surface area contributed by atoms with E-state index in [9.17, 15) is 0 Å². The zero-order valence-electron chi connectivity index (χ0n) is 33.9. The van der Waals surface area contributed by atoms with Gasteiger partial charge in [-0.05, 0) is 77.7 Å². The van der Waals surface area contributed by atoms with E-state index in [4.69, 9.17) is 9.97 Å². The fourth-order valence-electron chi connectivity index (χ4n) is 9.50. The maximum absolute atomic E-state index is 5.04. The molecule has 11 aromatic rings. The van der Waals surface area contributed by atoms with Crippen LogP contribution in [0.25, 0.3) is 95.2 Å². The molecule has 62 heavy (non-hydrogen) atoms. The average Bonchev–Trinajstić information content (AvgIpc) is 3.87. The molecule has 4 nitrogen and oxygen atoms in total. The van der Waals surface area contributed by atoms with Crippen LogP contribution in [0.15, 0.2) is 218 Å². The molecule has 0 amide bonds. The highest BCUT2D eigenvalue weighted by Gasteiger charge is 2.25. The van der Waals surface area contributed by atoms with E-state index in [1.807, 2.05) is 12.1 Å². The summed E-state index contributed by atoms with van der Waals surface area (Å²) in [4.78, 5) is 10.1. The van der Waals surface area contributed by atoms with Crippen molar-refractivity contribution in [2.45, 2.75) is 12.3 Å². The molecule has 0 fully saturated rings. The number of rotatable bonds is 7. The molecule has 0 saturated carbocycles. The maximum atomic E-state index is 5.04. The molecule has 8 aromatic carbocycles. The Morgan fingerprint density at radius 1 is 0.387 bits per heavy atom. The molecule has 1 aliphatic rings. The van der Waals surface area contributed by atoms with Crippen LogP contribution in [-0.4, -0.2) is 19.1 Å². The predicted molar refractivity (Wildman–Crippen MR) is 257 cm³/mol. The molecule has 0 N–H and O–H groups in total. The number of allylic oxidation sites excluding steroid dienone is 1. The molecule has 0 spiro atoms. The molecule has 4 heteroatoms. The number of aromatic nitrogens is 4. The van der Waals surface area contributed by atoms with Crippen LogP contribution >= 0.6 is 0 Å². The topological polar surface area (TPSA) is 35.6 Å². The lowest BCUT2D eigenvalue weighted by atomic mass is 9.87. The van der Waals surface area contributed by atoms with Crippen LogP contribution in [0.3, 0.4) is 0 Å². The van der Waals surface area contributed by atoms with Gasteiger partial charge in [0.25, 0.3) is 0 Å². The van der Waals surface area contributed by atoms with Crippen LogP contribution in [0.1, 0.15) is 22.7 Å². The summed E-state index contributed by atoms with van der Waals surface area (Å²) >= 11 is 0. The van der Waals surface area contributed by atoms with Gasteiger partial charge < -0.3 is 9.13 Å². The highest BCUT2D eigenvalue weighted by molar-refractivity contribution is 6.09. The Balaban J connectivity index is 0.869. The van der Waals surface area contributed by atoms with Gasteiger partial charge in [-0.1, -0.05) is 170 Å². The van der Waals surface area contributed by atoms with E-state index in [-0.39, 0.29) is 5.92 Å². The maximum Gasteiger partial charge on any atom is 0.160 e. The fourth-order valence-corrected chi connectivity index (χ4v) is 9.50.